The molecule has 1 aromatic heterocycles. The normalized spacial score (nSPS) is 12.5. The molecule has 0 aliphatic rings. The van der Waals surface area contributed by atoms with Crippen LogP contribution >= 0.6 is 22.9 Å². The maximum atomic E-state index is 13.3. The fraction of sp³-hybridized carbons (Fsp3) is 0.478. The molecule has 30 heavy (non-hydrogen) atoms. The second-order valence-corrected chi connectivity index (χ2v) is 9.46. The number of carbonyl (C=O) groups excluding carboxylic acids is 2. The van der Waals surface area contributed by atoms with Crippen LogP contribution in [0.5, 0.6) is 0 Å². The number of benzene rings is 1. The van der Waals surface area contributed by atoms with Crippen LogP contribution < -0.4 is 0 Å². The average Bonchev–Trinajstić information content (AvgIpc) is 3.25. The highest BCUT2D eigenvalue weighted by atomic mass is 35.5. The van der Waals surface area contributed by atoms with Gasteiger partial charge >= 0.3 is 0 Å². The molecule has 0 saturated heterocycles. The van der Waals surface area contributed by atoms with Gasteiger partial charge in [0.1, 0.15) is 12.4 Å². The van der Waals surface area contributed by atoms with E-state index in [1.807, 2.05) is 31.4 Å². The van der Waals surface area contributed by atoms with E-state index in [1.165, 1.54) is 12.1 Å². The summed E-state index contributed by atoms with van der Waals surface area (Å²) in [5, 5.41) is 1.97. The highest BCUT2D eigenvalue weighted by Gasteiger charge is 2.35. The first-order valence-corrected chi connectivity index (χ1v) is 11.5. The number of hydrogen-bond acceptors (Lipinski definition) is 3. The zero-order valence-electron chi connectivity index (χ0n) is 18.0. The summed E-state index contributed by atoms with van der Waals surface area (Å²) in [4.78, 5) is 30.8. The first kappa shape index (κ1) is 24.4. The molecule has 2 rings (SSSR count). The average molecular weight is 453 g/mol. The summed E-state index contributed by atoms with van der Waals surface area (Å²) >= 11 is 7.60. The number of alkyl halides is 1. The van der Waals surface area contributed by atoms with Crippen LogP contribution in [-0.4, -0.2) is 40.1 Å². The van der Waals surface area contributed by atoms with E-state index in [0.29, 0.717) is 13.1 Å². The number of hydrogen-bond donors (Lipinski definition) is 0. The van der Waals surface area contributed by atoms with Gasteiger partial charge in [-0.25, -0.2) is 4.39 Å². The maximum Gasteiger partial charge on any atom is 0.242 e. The molecule has 0 aliphatic heterocycles. The lowest BCUT2D eigenvalue weighted by Crippen LogP contribution is -2.51. The number of amides is 2. The first-order valence-electron chi connectivity index (χ1n) is 10.1. The molecule has 0 aliphatic carbocycles. The summed E-state index contributed by atoms with van der Waals surface area (Å²) in [5.74, 6) is -0.405. The fourth-order valence-electron chi connectivity index (χ4n) is 2.97. The third-order valence-electron chi connectivity index (χ3n) is 5.17. The van der Waals surface area contributed by atoms with E-state index >= 15 is 0 Å². The molecular formula is C23H30ClFN2O2S. The fourth-order valence-corrected chi connectivity index (χ4v) is 3.81. The van der Waals surface area contributed by atoms with Crippen molar-refractivity contribution in [3.63, 3.8) is 0 Å². The van der Waals surface area contributed by atoms with E-state index < -0.39 is 5.41 Å². The van der Waals surface area contributed by atoms with Gasteiger partial charge in [0.25, 0.3) is 0 Å². The van der Waals surface area contributed by atoms with Crippen LogP contribution in [0.4, 0.5) is 4.39 Å². The molecule has 7 heteroatoms. The zero-order chi connectivity index (χ0) is 22.3. The summed E-state index contributed by atoms with van der Waals surface area (Å²) in [7, 11) is 0. The summed E-state index contributed by atoms with van der Waals surface area (Å²) in [6, 6.07) is 9.97. The van der Waals surface area contributed by atoms with Crippen molar-refractivity contribution in [3.05, 3.63) is 58.0 Å². The van der Waals surface area contributed by atoms with Gasteiger partial charge in [-0.05, 0) is 56.3 Å². The molecule has 0 spiro atoms. The predicted molar refractivity (Wildman–Crippen MR) is 121 cm³/mol. The molecule has 0 N–H and O–H groups in total. The molecule has 0 radical (unpaired) electrons. The Morgan fingerprint density at radius 1 is 1.17 bits per heavy atom. The molecule has 1 aromatic carbocycles. The summed E-state index contributed by atoms with van der Waals surface area (Å²) < 4.78 is 13.3. The Balaban J connectivity index is 2.25. The van der Waals surface area contributed by atoms with Gasteiger partial charge in [-0.15, -0.1) is 22.9 Å². The van der Waals surface area contributed by atoms with Crippen molar-refractivity contribution in [1.29, 1.82) is 0 Å². The monoisotopic (exact) mass is 452 g/mol. The first-order chi connectivity index (χ1) is 14.2. The summed E-state index contributed by atoms with van der Waals surface area (Å²) in [6.07, 6.45) is 0.736. The van der Waals surface area contributed by atoms with Gasteiger partial charge in [0.05, 0.1) is 12.0 Å². The Labute approximate surface area is 187 Å². The van der Waals surface area contributed by atoms with E-state index in [-0.39, 0.29) is 36.1 Å². The Hall–Kier alpha value is -1.92. The molecule has 4 nitrogen and oxygen atoms in total. The SMILES string of the molecule is CCC(C)N(CC(=O)N(Cc1ccc(F)cc1)Cc1cccs1)C(=O)C(C)(C)CCl. The van der Waals surface area contributed by atoms with Crippen LogP contribution in [0.1, 0.15) is 44.6 Å². The number of halogens is 2. The molecule has 0 saturated carbocycles. The van der Waals surface area contributed by atoms with Crippen LogP contribution in [0, 0.1) is 11.2 Å². The van der Waals surface area contributed by atoms with E-state index in [0.717, 1.165) is 16.9 Å². The van der Waals surface area contributed by atoms with Crippen molar-refractivity contribution in [2.45, 2.75) is 53.2 Å². The molecule has 0 fully saturated rings. The summed E-state index contributed by atoms with van der Waals surface area (Å²) in [6.45, 7) is 8.30. The largest absolute Gasteiger partial charge is 0.332 e. The van der Waals surface area contributed by atoms with Crippen molar-refractivity contribution in [2.24, 2.45) is 5.41 Å². The highest BCUT2D eigenvalue weighted by Crippen LogP contribution is 2.24. The van der Waals surface area contributed by atoms with Gasteiger partial charge in [-0.1, -0.05) is 25.1 Å². The lowest BCUT2D eigenvalue weighted by molar-refractivity contribution is -0.148. The molecule has 2 amide bonds. The van der Waals surface area contributed by atoms with Crippen molar-refractivity contribution in [1.82, 2.24) is 9.80 Å². The number of thiophene rings is 1. The van der Waals surface area contributed by atoms with Crippen molar-refractivity contribution in [3.8, 4) is 0 Å². The lowest BCUT2D eigenvalue weighted by atomic mass is 9.93. The summed E-state index contributed by atoms with van der Waals surface area (Å²) in [5.41, 5.74) is 0.0877. The van der Waals surface area contributed by atoms with Gasteiger partial charge in [0.2, 0.25) is 11.8 Å². The van der Waals surface area contributed by atoms with E-state index in [2.05, 4.69) is 0 Å². The molecular weight excluding hydrogens is 423 g/mol. The second kappa shape index (κ2) is 10.9. The zero-order valence-corrected chi connectivity index (χ0v) is 19.6. The van der Waals surface area contributed by atoms with Gasteiger partial charge in [0, 0.05) is 23.3 Å². The minimum Gasteiger partial charge on any atom is -0.332 e. The Bertz CT molecular complexity index is 824. The van der Waals surface area contributed by atoms with Crippen LogP contribution in [-0.2, 0) is 22.7 Å². The van der Waals surface area contributed by atoms with Gasteiger partial charge in [-0.3, -0.25) is 9.59 Å². The van der Waals surface area contributed by atoms with Gasteiger partial charge < -0.3 is 9.80 Å². The lowest BCUT2D eigenvalue weighted by Gasteiger charge is -2.36. The molecule has 0 bridgehead atoms. The van der Waals surface area contributed by atoms with E-state index in [4.69, 9.17) is 11.6 Å². The molecule has 2 aromatic rings. The van der Waals surface area contributed by atoms with E-state index in [9.17, 15) is 14.0 Å². The Kier molecular flexibility index (Phi) is 8.86. The minimum atomic E-state index is -0.749. The highest BCUT2D eigenvalue weighted by molar-refractivity contribution is 7.09. The molecule has 1 atom stereocenters. The Morgan fingerprint density at radius 2 is 1.83 bits per heavy atom. The van der Waals surface area contributed by atoms with Crippen LogP contribution in [0.2, 0.25) is 0 Å². The quantitative estimate of drug-likeness (QED) is 0.458. The predicted octanol–water partition coefficient (Wildman–Crippen LogP) is 5.31. The smallest absolute Gasteiger partial charge is 0.242 e. The van der Waals surface area contributed by atoms with Crippen molar-refractivity contribution in [2.75, 3.05) is 12.4 Å². The third-order valence-corrected chi connectivity index (χ3v) is 6.70. The van der Waals surface area contributed by atoms with E-state index in [1.54, 1.807) is 47.1 Å². The standard InChI is InChI=1S/C23H30ClFN2O2S/c1-5-17(2)27(22(29)23(3,4)16-24)15-21(28)26(14-20-7-6-12-30-20)13-18-8-10-19(25)11-9-18/h6-12,17H,5,13-16H2,1-4H3. The minimum absolute atomic E-state index is 0.0132. The van der Waals surface area contributed by atoms with Gasteiger partial charge in [-0.2, -0.15) is 0 Å². The number of nitrogens with zero attached hydrogens (tertiary/aromatic N) is 2. The Morgan fingerprint density at radius 3 is 2.37 bits per heavy atom. The van der Waals surface area contributed by atoms with Gasteiger partial charge in [0.15, 0.2) is 0 Å². The number of carbonyl (C=O) groups is 2. The van der Waals surface area contributed by atoms with Crippen LogP contribution in [0.15, 0.2) is 41.8 Å². The van der Waals surface area contributed by atoms with Crippen LogP contribution in [0.3, 0.4) is 0 Å². The number of rotatable bonds is 10. The third kappa shape index (κ3) is 6.54. The molecule has 1 heterocycles. The van der Waals surface area contributed by atoms with Crippen LogP contribution in [0.25, 0.3) is 0 Å². The maximum absolute atomic E-state index is 13.3. The topological polar surface area (TPSA) is 40.6 Å². The van der Waals surface area contributed by atoms with Crippen molar-refractivity contribution < 1.29 is 14.0 Å². The molecule has 164 valence electrons. The van der Waals surface area contributed by atoms with Crippen molar-refractivity contribution >= 4 is 34.8 Å². The molecule has 1 unspecified atom stereocenters. The second-order valence-electron chi connectivity index (χ2n) is 8.16.